The van der Waals surface area contributed by atoms with Gasteiger partial charge < -0.3 is 4.74 Å². The Morgan fingerprint density at radius 3 is 2.67 bits per heavy atom. The van der Waals surface area contributed by atoms with Crippen molar-refractivity contribution in [3.63, 3.8) is 0 Å². The molecule has 1 aromatic carbocycles. The summed E-state index contributed by atoms with van der Waals surface area (Å²) in [4.78, 5) is 28.6. The standard InChI is InChI=1S/C19H20N4O3S/c1-4-26-16(24)10-14-11-27-19(20-14)21-18(25)17-12(2)22-23(13(17)3)15-8-6-5-7-9-15/h5-9,11H,4,10H2,1-3H3,(H,20,21,25). The van der Waals surface area contributed by atoms with E-state index in [1.807, 2.05) is 37.3 Å². The summed E-state index contributed by atoms with van der Waals surface area (Å²) in [5.41, 5.74) is 3.36. The number of rotatable bonds is 6. The minimum atomic E-state index is -0.337. The van der Waals surface area contributed by atoms with Crippen molar-refractivity contribution in [1.82, 2.24) is 14.8 Å². The number of hydrogen-bond donors (Lipinski definition) is 1. The number of aromatic nitrogens is 3. The molecular weight excluding hydrogens is 364 g/mol. The van der Waals surface area contributed by atoms with E-state index in [-0.39, 0.29) is 18.3 Å². The summed E-state index contributed by atoms with van der Waals surface area (Å²) in [5, 5.41) is 9.45. The first kappa shape index (κ1) is 18.8. The highest BCUT2D eigenvalue weighted by Gasteiger charge is 2.20. The molecule has 27 heavy (non-hydrogen) atoms. The van der Waals surface area contributed by atoms with Gasteiger partial charge in [-0.2, -0.15) is 5.10 Å². The van der Waals surface area contributed by atoms with Crippen LogP contribution in [0, 0.1) is 13.8 Å². The summed E-state index contributed by atoms with van der Waals surface area (Å²) in [7, 11) is 0. The molecule has 0 bridgehead atoms. The number of amides is 1. The zero-order valence-corrected chi connectivity index (χ0v) is 16.2. The van der Waals surface area contributed by atoms with Crippen molar-refractivity contribution in [2.45, 2.75) is 27.2 Å². The van der Waals surface area contributed by atoms with E-state index in [1.165, 1.54) is 11.3 Å². The minimum Gasteiger partial charge on any atom is -0.466 e. The van der Waals surface area contributed by atoms with Gasteiger partial charge in [-0.3, -0.25) is 14.9 Å². The third-order valence-electron chi connectivity index (χ3n) is 3.92. The van der Waals surface area contributed by atoms with Gasteiger partial charge in [0.25, 0.3) is 5.91 Å². The second-order valence-corrected chi connectivity index (χ2v) is 6.73. The van der Waals surface area contributed by atoms with Crippen LogP contribution in [-0.2, 0) is 16.0 Å². The summed E-state index contributed by atoms with van der Waals surface area (Å²) in [6.07, 6.45) is 0.0875. The first-order valence-electron chi connectivity index (χ1n) is 8.52. The zero-order valence-electron chi connectivity index (χ0n) is 15.4. The van der Waals surface area contributed by atoms with Crippen LogP contribution in [0.25, 0.3) is 5.69 Å². The Kier molecular flexibility index (Phi) is 5.66. The molecule has 0 atom stereocenters. The Morgan fingerprint density at radius 2 is 1.96 bits per heavy atom. The molecule has 2 heterocycles. The van der Waals surface area contributed by atoms with E-state index in [1.54, 1.807) is 23.9 Å². The Bertz CT molecular complexity index is 963. The van der Waals surface area contributed by atoms with E-state index in [9.17, 15) is 9.59 Å². The Balaban J connectivity index is 1.77. The molecule has 0 radical (unpaired) electrons. The van der Waals surface area contributed by atoms with E-state index in [0.717, 1.165) is 11.4 Å². The predicted molar refractivity (Wildman–Crippen MR) is 103 cm³/mol. The Labute approximate surface area is 161 Å². The maximum absolute atomic E-state index is 12.7. The van der Waals surface area contributed by atoms with Crippen LogP contribution in [0.15, 0.2) is 35.7 Å². The summed E-state index contributed by atoms with van der Waals surface area (Å²) in [5.74, 6) is -0.610. The number of carbonyl (C=O) groups is 2. The van der Waals surface area contributed by atoms with Crippen LogP contribution in [0.5, 0.6) is 0 Å². The molecule has 7 nitrogen and oxygen atoms in total. The minimum absolute atomic E-state index is 0.0875. The molecule has 1 amide bonds. The fourth-order valence-electron chi connectivity index (χ4n) is 2.76. The molecule has 0 aliphatic carbocycles. The number of ether oxygens (including phenoxy) is 1. The molecule has 0 aliphatic heterocycles. The van der Waals surface area contributed by atoms with Crippen molar-refractivity contribution >= 4 is 28.3 Å². The Hall–Kier alpha value is -3.00. The second-order valence-electron chi connectivity index (χ2n) is 5.87. The molecule has 0 unspecified atom stereocenters. The number of thiazole rings is 1. The molecule has 0 aliphatic rings. The number of benzene rings is 1. The number of hydrogen-bond acceptors (Lipinski definition) is 6. The van der Waals surface area contributed by atoms with Gasteiger partial charge in [-0.25, -0.2) is 9.67 Å². The molecule has 0 fully saturated rings. The molecular formula is C19H20N4O3S. The highest BCUT2D eigenvalue weighted by atomic mass is 32.1. The van der Waals surface area contributed by atoms with Crippen molar-refractivity contribution in [3.8, 4) is 5.69 Å². The van der Waals surface area contributed by atoms with E-state index in [4.69, 9.17) is 4.74 Å². The maximum Gasteiger partial charge on any atom is 0.311 e. The fraction of sp³-hybridized carbons (Fsp3) is 0.263. The van der Waals surface area contributed by atoms with Crippen molar-refractivity contribution in [1.29, 1.82) is 0 Å². The maximum atomic E-state index is 12.7. The highest BCUT2D eigenvalue weighted by molar-refractivity contribution is 7.14. The van der Waals surface area contributed by atoms with Gasteiger partial charge in [-0.15, -0.1) is 11.3 Å². The molecule has 1 N–H and O–H groups in total. The quantitative estimate of drug-likeness (QED) is 0.659. The molecule has 2 aromatic heterocycles. The van der Waals surface area contributed by atoms with Crippen LogP contribution in [0.2, 0.25) is 0 Å². The van der Waals surface area contributed by atoms with Gasteiger partial charge in [0.2, 0.25) is 0 Å². The largest absolute Gasteiger partial charge is 0.466 e. The number of nitrogens with one attached hydrogen (secondary N) is 1. The van der Waals surface area contributed by atoms with Crippen molar-refractivity contribution in [2.75, 3.05) is 11.9 Å². The van der Waals surface area contributed by atoms with Crippen molar-refractivity contribution in [2.24, 2.45) is 0 Å². The number of carbonyl (C=O) groups excluding carboxylic acids is 2. The van der Waals surface area contributed by atoms with Crippen LogP contribution < -0.4 is 5.32 Å². The van der Waals surface area contributed by atoms with Gasteiger partial charge in [0, 0.05) is 5.38 Å². The van der Waals surface area contributed by atoms with Crippen LogP contribution in [0.3, 0.4) is 0 Å². The third kappa shape index (κ3) is 4.22. The summed E-state index contributed by atoms with van der Waals surface area (Å²) in [6, 6.07) is 9.64. The fourth-order valence-corrected chi connectivity index (χ4v) is 3.46. The topological polar surface area (TPSA) is 86.1 Å². The number of anilines is 1. The SMILES string of the molecule is CCOC(=O)Cc1csc(NC(=O)c2c(C)nn(-c3ccccc3)c2C)n1. The Morgan fingerprint density at radius 1 is 1.22 bits per heavy atom. The van der Waals surface area contributed by atoms with Gasteiger partial charge in [-0.05, 0) is 32.9 Å². The van der Waals surface area contributed by atoms with Gasteiger partial charge >= 0.3 is 5.97 Å². The molecule has 0 saturated heterocycles. The van der Waals surface area contributed by atoms with Crippen molar-refractivity contribution in [3.05, 3.63) is 58.4 Å². The first-order chi connectivity index (χ1) is 13.0. The monoisotopic (exact) mass is 384 g/mol. The van der Waals surface area contributed by atoms with Gasteiger partial charge in [0.05, 0.1) is 41.4 Å². The lowest BCUT2D eigenvalue weighted by Crippen LogP contribution is -2.14. The number of para-hydroxylation sites is 1. The third-order valence-corrected chi connectivity index (χ3v) is 4.73. The van der Waals surface area contributed by atoms with Crippen LogP contribution in [0.4, 0.5) is 5.13 Å². The summed E-state index contributed by atoms with van der Waals surface area (Å²) < 4.78 is 6.66. The zero-order chi connectivity index (χ0) is 19.4. The average molecular weight is 384 g/mol. The second kappa shape index (κ2) is 8.13. The molecule has 140 valence electrons. The summed E-state index contributed by atoms with van der Waals surface area (Å²) in [6.45, 7) is 5.74. The van der Waals surface area contributed by atoms with Gasteiger partial charge in [-0.1, -0.05) is 18.2 Å². The van der Waals surface area contributed by atoms with E-state index in [2.05, 4.69) is 15.4 Å². The molecule has 3 rings (SSSR count). The number of nitrogens with zero attached hydrogens (tertiary/aromatic N) is 3. The van der Waals surface area contributed by atoms with Crippen LogP contribution in [0.1, 0.15) is 34.4 Å². The summed E-state index contributed by atoms with van der Waals surface area (Å²) >= 11 is 1.27. The number of aryl methyl sites for hydroxylation is 1. The van der Waals surface area contributed by atoms with Crippen molar-refractivity contribution < 1.29 is 14.3 Å². The molecule has 0 saturated carbocycles. The van der Waals surface area contributed by atoms with Crippen LogP contribution >= 0.6 is 11.3 Å². The van der Waals surface area contributed by atoms with Gasteiger partial charge in [0.15, 0.2) is 5.13 Å². The van der Waals surface area contributed by atoms with E-state index in [0.29, 0.717) is 28.7 Å². The average Bonchev–Trinajstić information content (AvgIpc) is 3.19. The van der Waals surface area contributed by atoms with Gasteiger partial charge in [0.1, 0.15) is 0 Å². The van der Waals surface area contributed by atoms with E-state index >= 15 is 0 Å². The predicted octanol–water partition coefficient (Wildman–Crippen LogP) is 3.30. The number of esters is 1. The lowest BCUT2D eigenvalue weighted by atomic mass is 10.2. The lowest BCUT2D eigenvalue weighted by Gasteiger charge is -2.05. The molecule has 3 aromatic rings. The molecule has 8 heteroatoms. The normalized spacial score (nSPS) is 10.6. The van der Waals surface area contributed by atoms with Crippen LogP contribution in [-0.4, -0.2) is 33.2 Å². The van der Waals surface area contributed by atoms with E-state index < -0.39 is 0 Å². The smallest absolute Gasteiger partial charge is 0.311 e. The first-order valence-corrected chi connectivity index (χ1v) is 9.40. The lowest BCUT2D eigenvalue weighted by molar-refractivity contribution is -0.142. The highest BCUT2D eigenvalue weighted by Crippen LogP contribution is 2.21. The molecule has 0 spiro atoms.